The number of aliphatic imine (C=N–C) groups is 1. The molecule has 0 radical (unpaired) electrons. The van der Waals surface area contributed by atoms with Gasteiger partial charge in [0.25, 0.3) is 0 Å². The van der Waals surface area contributed by atoms with Crippen molar-refractivity contribution in [2.45, 2.75) is 13.0 Å². The molecule has 4 nitrogen and oxygen atoms in total. The number of nitrogens with zero attached hydrogens (tertiary/aromatic N) is 1. The van der Waals surface area contributed by atoms with Crippen molar-refractivity contribution in [1.82, 2.24) is 5.32 Å². The molecule has 0 saturated carbocycles. The standard InChI is InChI=1S/C12H12ClN3OS/c1-6-9(11(14)17)10(16-12(18)15-6)7-4-2-3-5-8(7)13/h2-5,9-10H,1H3,(H2,14,17)(H,16,18). The first kappa shape index (κ1) is 13.0. The Bertz CT molecular complexity index is 544. The fourth-order valence-electron chi connectivity index (χ4n) is 2.07. The van der Waals surface area contributed by atoms with Crippen LogP contribution in [0.4, 0.5) is 0 Å². The maximum Gasteiger partial charge on any atom is 0.228 e. The Morgan fingerprint density at radius 1 is 1.50 bits per heavy atom. The average Bonchev–Trinajstić information content (AvgIpc) is 2.27. The molecule has 18 heavy (non-hydrogen) atoms. The fourth-order valence-corrected chi connectivity index (χ4v) is 2.60. The Labute approximate surface area is 115 Å². The Hall–Kier alpha value is -1.46. The highest BCUT2D eigenvalue weighted by Gasteiger charge is 2.35. The molecule has 6 heteroatoms. The van der Waals surface area contributed by atoms with Gasteiger partial charge in [-0.1, -0.05) is 29.8 Å². The van der Waals surface area contributed by atoms with Gasteiger partial charge in [0.05, 0.1) is 6.04 Å². The summed E-state index contributed by atoms with van der Waals surface area (Å²) in [6.07, 6.45) is 0. The molecule has 1 amide bonds. The van der Waals surface area contributed by atoms with E-state index in [1.165, 1.54) is 0 Å². The topological polar surface area (TPSA) is 67.5 Å². The molecule has 2 rings (SSSR count). The number of carbonyl (C=O) groups excluding carboxylic acids is 1. The summed E-state index contributed by atoms with van der Waals surface area (Å²) >= 11 is 11.2. The van der Waals surface area contributed by atoms with Gasteiger partial charge >= 0.3 is 0 Å². The van der Waals surface area contributed by atoms with Crippen LogP contribution in [0.1, 0.15) is 18.5 Å². The van der Waals surface area contributed by atoms with Crippen molar-refractivity contribution >= 4 is 40.6 Å². The Balaban J connectivity index is 2.48. The van der Waals surface area contributed by atoms with E-state index in [0.29, 0.717) is 15.8 Å². The van der Waals surface area contributed by atoms with E-state index in [-0.39, 0.29) is 6.04 Å². The van der Waals surface area contributed by atoms with E-state index in [2.05, 4.69) is 10.3 Å². The summed E-state index contributed by atoms with van der Waals surface area (Å²) < 4.78 is 0. The van der Waals surface area contributed by atoms with Crippen LogP contribution in [0.3, 0.4) is 0 Å². The first-order chi connectivity index (χ1) is 8.50. The maximum absolute atomic E-state index is 11.6. The van der Waals surface area contributed by atoms with Gasteiger partial charge in [0.1, 0.15) is 5.92 Å². The molecule has 1 aliphatic heterocycles. The molecule has 1 aromatic carbocycles. The van der Waals surface area contributed by atoms with Gasteiger partial charge in [0, 0.05) is 10.7 Å². The number of hydrogen-bond acceptors (Lipinski definition) is 2. The third kappa shape index (κ3) is 2.37. The summed E-state index contributed by atoms with van der Waals surface area (Å²) in [4.78, 5) is 15.7. The van der Waals surface area contributed by atoms with Crippen LogP contribution in [0.15, 0.2) is 29.3 Å². The van der Waals surface area contributed by atoms with Gasteiger partial charge in [-0.25, -0.2) is 4.99 Å². The molecule has 1 aliphatic rings. The van der Waals surface area contributed by atoms with Crippen LogP contribution >= 0.6 is 23.8 Å². The molecule has 0 aromatic heterocycles. The lowest BCUT2D eigenvalue weighted by Gasteiger charge is -2.30. The molecular weight excluding hydrogens is 270 g/mol. The molecule has 94 valence electrons. The zero-order valence-corrected chi connectivity index (χ0v) is 11.3. The van der Waals surface area contributed by atoms with Gasteiger partial charge in [-0.2, -0.15) is 0 Å². The van der Waals surface area contributed by atoms with Crippen LogP contribution < -0.4 is 11.1 Å². The molecule has 2 atom stereocenters. The van der Waals surface area contributed by atoms with E-state index in [4.69, 9.17) is 29.6 Å². The average molecular weight is 282 g/mol. The summed E-state index contributed by atoms with van der Waals surface area (Å²) in [6.45, 7) is 1.74. The zero-order valence-electron chi connectivity index (χ0n) is 9.68. The highest BCUT2D eigenvalue weighted by Crippen LogP contribution is 2.31. The second kappa shape index (κ2) is 5.04. The van der Waals surface area contributed by atoms with E-state index in [0.717, 1.165) is 5.56 Å². The van der Waals surface area contributed by atoms with Crippen molar-refractivity contribution in [2.75, 3.05) is 0 Å². The molecule has 1 aromatic rings. The summed E-state index contributed by atoms with van der Waals surface area (Å²) in [7, 11) is 0. The number of thiocarbonyl (C=S) groups is 1. The molecule has 0 spiro atoms. The lowest BCUT2D eigenvalue weighted by molar-refractivity contribution is -0.120. The van der Waals surface area contributed by atoms with Crippen molar-refractivity contribution < 1.29 is 4.79 Å². The molecule has 0 fully saturated rings. The van der Waals surface area contributed by atoms with Crippen molar-refractivity contribution in [3.8, 4) is 0 Å². The monoisotopic (exact) mass is 281 g/mol. The number of nitrogens with two attached hydrogens (primary N) is 1. The largest absolute Gasteiger partial charge is 0.369 e. The molecule has 1 heterocycles. The summed E-state index contributed by atoms with van der Waals surface area (Å²) in [5.41, 5.74) is 6.83. The molecular formula is C12H12ClN3OS. The molecule has 0 aliphatic carbocycles. The summed E-state index contributed by atoms with van der Waals surface area (Å²) in [5, 5.41) is 3.90. The lowest BCUT2D eigenvalue weighted by atomic mass is 9.88. The number of hydrogen-bond donors (Lipinski definition) is 2. The van der Waals surface area contributed by atoms with Gasteiger partial charge in [-0.15, -0.1) is 0 Å². The number of halogens is 1. The number of primary amides is 1. The number of rotatable bonds is 2. The van der Waals surface area contributed by atoms with Gasteiger partial charge < -0.3 is 11.1 Å². The summed E-state index contributed by atoms with van der Waals surface area (Å²) in [6, 6.07) is 6.93. The van der Waals surface area contributed by atoms with Crippen molar-refractivity contribution in [1.29, 1.82) is 0 Å². The minimum atomic E-state index is -0.545. The second-order valence-electron chi connectivity index (χ2n) is 4.08. The smallest absolute Gasteiger partial charge is 0.228 e. The van der Waals surface area contributed by atoms with Gasteiger partial charge in [0.15, 0.2) is 5.11 Å². The van der Waals surface area contributed by atoms with Gasteiger partial charge in [-0.3, -0.25) is 4.79 Å². The minimum Gasteiger partial charge on any atom is -0.369 e. The van der Waals surface area contributed by atoms with Crippen molar-refractivity contribution in [3.63, 3.8) is 0 Å². The molecule has 3 N–H and O–H groups in total. The number of benzene rings is 1. The predicted octanol–water partition coefficient (Wildman–Crippen LogP) is 1.83. The first-order valence-corrected chi connectivity index (χ1v) is 6.18. The highest BCUT2D eigenvalue weighted by atomic mass is 35.5. The quantitative estimate of drug-likeness (QED) is 0.813. The van der Waals surface area contributed by atoms with Crippen molar-refractivity contribution in [3.05, 3.63) is 34.9 Å². The van der Waals surface area contributed by atoms with E-state index >= 15 is 0 Å². The van der Waals surface area contributed by atoms with Crippen LogP contribution in [0.25, 0.3) is 0 Å². The second-order valence-corrected chi connectivity index (χ2v) is 4.88. The van der Waals surface area contributed by atoms with Crippen LogP contribution in [-0.4, -0.2) is 16.7 Å². The zero-order chi connectivity index (χ0) is 13.3. The normalized spacial score (nSPS) is 23.2. The van der Waals surface area contributed by atoms with E-state index in [1.54, 1.807) is 13.0 Å². The van der Waals surface area contributed by atoms with E-state index in [1.807, 2.05) is 18.2 Å². The van der Waals surface area contributed by atoms with Crippen LogP contribution in [0, 0.1) is 5.92 Å². The fraction of sp³-hybridized carbons (Fsp3) is 0.250. The molecule has 2 unspecified atom stereocenters. The maximum atomic E-state index is 11.6. The van der Waals surface area contributed by atoms with Gasteiger partial charge in [0.2, 0.25) is 5.91 Å². The Morgan fingerprint density at radius 3 is 2.78 bits per heavy atom. The molecule has 0 bridgehead atoms. The van der Waals surface area contributed by atoms with Crippen LogP contribution in [-0.2, 0) is 4.79 Å². The number of nitrogens with one attached hydrogen (secondary N) is 1. The number of carbonyl (C=O) groups is 1. The van der Waals surface area contributed by atoms with Gasteiger partial charge in [-0.05, 0) is 30.8 Å². The minimum absolute atomic E-state index is 0.343. The Kier molecular flexibility index (Phi) is 3.63. The highest BCUT2D eigenvalue weighted by molar-refractivity contribution is 7.80. The predicted molar refractivity (Wildman–Crippen MR) is 75.7 cm³/mol. The van der Waals surface area contributed by atoms with Crippen molar-refractivity contribution in [2.24, 2.45) is 16.6 Å². The summed E-state index contributed by atoms with van der Waals surface area (Å²) in [5.74, 6) is -0.993. The Morgan fingerprint density at radius 2 is 2.17 bits per heavy atom. The van der Waals surface area contributed by atoms with Crippen LogP contribution in [0.2, 0.25) is 5.02 Å². The lowest BCUT2D eigenvalue weighted by Crippen LogP contribution is -2.46. The van der Waals surface area contributed by atoms with E-state index in [9.17, 15) is 4.79 Å². The molecule has 0 saturated heterocycles. The van der Waals surface area contributed by atoms with Crippen LogP contribution in [0.5, 0.6) is 0 Å². The third-order valence-electron chi connectivity index (χ3n) is 2.89. The number of amides is 1. The first-order valence-electron chi connectivity index (χ1n) is 5.40. The van der Waals surface area contributed by atoms with E-state index < -0.39 is 11.8 Å². The third-order valence-corrected chi connectivity index (χ3v) is 3.44. The SMILES string of the molecule is CC1=NC(=S)NC(c2ccccc2Cl)C1C(N)=O.